The fourth-order valence-corrected chi connectivity index (χ4v) is 1.57. The van der Waals surface area contributed by atoms with Crippen LogP contribution in [0.15, 0.2) is 30.5 Å². The number of rotatable bonds is 3. The lowest BCUT2D eigenvalue weighted by molar-refractivity contribution is 0.627. The molecular weight excluding hydrogens is 217 g/mol. The lowest BCUT2D eigenvalue weighted by Gasteiger charge is -2.09. The van der Waals surface area contributed by atoms with E-state index in [0.29, 0.717) is 6.54 Å². The molecule has 1 heterocycles. The Morgan fingerprint density at radius 1 is 1.24 bits per heavy atom. The first kappa shape index (κ1) is 11.5. The maximum Gasteiger partial charge on any atom is 0.125 e. The zero-order valence-corrected chi connectivity index (χ0v) is 9.87. The van der Waals surface area contributed by atoms with Gasteiger partial charge < -0.3 is 5.32 Å². The molecule has 2 aromatic rings. The van der Waals surface area contributed by atoms with Gasteiger partial charge in [-0.3, -0.25) is 0 Å². The zero-order chi connectivity index (χ0) is 12.3. The van der Waals surface area contributed by atoms with Crippen LogP contribution in [-0.4, -0.2) is 9.97 Å². The topological polar surface area (TPSA) is 37.8 Å². The van der Waals surface area contributed by atoms with Crippen molar-refractivity contribution >= 4 is 5.69 Å². The van der Waals surface area contributed by atoms with Crippen molar-refractivity contribution in [3.05, 3.63) is 53.4 Å². The molecule has 17 heavy (non-hydrogen) atoms. The highest BCUT2D eigenvalue weighted by atomic mass is 19.1. The highest BCUT2D eigenvalue weighted by molar-refractivity contribution is 5.50. The minimum atomic E-state index is -0.239. The summed E-state index contributed by atoms with van der Waals surface area (Å²) in [4.78, 5) is 8.30. The Morgan fingerprint density at radius 2 is 2.06 bits per heavy atom. The first-order valence-electron chi connectivity index (χ1n) is 5.44. The van der Waals surface area contributed by atoms with E-state index in [0.717, 1.165) is 22.8 Å². The summed E-state index contributed by atoms with van der Waals surface area (Å²) in [5, 5.41) is 3.17. The first-order chi connectivity index (χ1) is 8.15. The van der Waals surface area contributed by atoms with Crippen LogP contribution in [-0.2, 0) is 6.54 Å². The molecule has 1 aromatic carbocycles. The van der Waals surface area contributed by atoms with Gasteiger partial charge in [0.2, 0.25) is 0 Å². The summed E-state index contributed by atoms with van der Waals surface area (Å²) in [6.07, 6.45) is 1.72. The van der Waals surface area contributed by atoms with Crippen LogP contribution in [0.1, 0.15) is 17.1 Å². The number of aromatic nitrogens is 2. The smallest absolute Gasteiger partial charge is 0.125 e. The molecule has 0 radical (unpaired) electrons. The largest absolute Gasteiger partial charge is 0.379 e. The Balaban J connectivity index is 2.09. The second-order valence-electron chi connectivity index (χ2n) is 3.91. The molecule has 0 amide bonds. The van der Waals surface area contributed by atoms with Gasteiger partial charge in [0, 0.05) is 11.9 Å². The average Bonchev–Trinajstić information content (AvgIpc) is 2.30. The third-order valence-corrected chi connectivity index (χ3v) is 2.49. The molecule has 0 aliphatic rings. The van der Waals surface area contributed by atoms with Crippen LogP contribution in [0.2, 0.25) is 0 Å². The number of hydrogen-bond acceptors (Lipinski definition) is 3. The Labute approximate surface area is 99.7 Å². The molecule has 2 rings (SSSR count). The van der Waals surface area contributed by atoms with Crippen molar-refractivity contribution < 1.29 is 4.39 Å². The highest BCUT2D eigenvalue weighted by Gasteiger charge is 2.01. The molecule has 0 spiro atoms. The van der Waals surface area contributed by atoms with Crippen LogP contribution in [0.3, 0.4) is 0 Å². The molecule has 0 aliphatic carbocycles. The molecule has 0 bridgehead atoms. The van der Waals surface area contributed by atoms with Gasteiger partial charge in [-0.25, -0.2) is 14.4 Å². The minimum Gasteiger partial charge on any atom is -0.379 e. The maximum atomic E-state index is 13.1. The summed E-state index contributed by atoms with van der Waals surface area (Å²) in [6.45, 7) is 4.34. The van der Waals surface area contributed by atoms with Crippen molar-refractivity contribution in [2.75, 3.05) is 5.32 Å². The predicted molar refractivity (Wildman–Crippen MR) is 65.2 cm³/mol. The fourth-order valence-electron chi connectivity index (χ4n) is 1.57. The van der Waals surface area contributed by atoms with Gasteiger partial charge in [0.15, 0.2) is 0 Å². The number of nitrogens with one attached hydrogen (secondary N) is 1. The van der Waals surface area contributed by atoms with Crippen molar-refractivity contribution in [3.8, 4) is 0 Å². The van der Waals surface area contributed by atoms with Crippen LogP contribution in [0.5, 0.6) is 0 Å². The second-order valence-corrected chi connectivity index (χ2v) is 3.91. The highest BCUT2D eigenvalue weighted by Crippen LogP contribution is 2.16. The summed E-state index contributed by atoms with van der Waals surface area (Å²) < 4.78 is 13.1. The summed E-state index contributed by atoms with van der Waals surface area (Å²) in [6, 6.07) is 6.54. The summed E-state index contributed by atoms with van der Waals surface area (Å²) in [7, 11) is 0. The Morgan fingerprint density at radius 3 is 2.82 bits per heavy atom. The maximum absolute atomic E-state index is 13.1. The van der Waals surface area contributed by atoms with Crippen molar-refractivity contribution in [1.29, 1.82) is 0 Å². The number of benzene rings is 1. The standard InChI is InChI=1S/C13H14FN3/c1-9-3-4-11(14)7-13(9)16-8-12-5-6-15-10(2)17-12/h3-7,16H,8H2,1-2H3. The van der Waals surface area contributed by atoms with Crippen molar-refractivity contribution in [1.82, 2.24) is 9.97 Å². The summed E-state index contributed by atoms with van der Waals surface area (Å²) >= 11 is 0. The van der Waals surface area contributed by atoms with Gasteiger partial charge in [0.25, 0.3) is 0 Å². The van der Waals surface area contributed by atoms with E-state index in [4.69, 9.17) is 0 Å². The van der Waals surface area contributed by atoms with Gasteiger partial charge in [-0.05, 0) is 37.6 Å². The molecule has 0 fully saturated rings. The quantitative estimate of drug-likeness (QED) is 0.882. The van der Waals surface area contributed by atoms with Crippen molar-refractivity contribution in [2.45, 2.75) is 20.4 Å². The van der Waals surface area contributed by atoms with Gasteiger partial charge in [0.1, 0.15) is 11.6 Å². The predicted octanol–water partition coefficient (Wildman–Crippen LogP) is 2.84. The van der Waals surface area contributed by atoms with Crippen LogP contribution >= 0.6 is 0 Å². The molecule has 0 atom stereocenters. The zero-order valence-electron chi connectivity index (χ0n) is 9.87. The summed E-state index contributed by atoms with van der Waals surface area (Å²) in [5.74, 6) is 0.497. The molecule has 0 saturated carbocycles. The van der Waals surface area contributed by atoms with Gasteiger partial charge in [-0.2, -0.15) is 0 Å². The molecule has 0 aliphatic heterocycles. The molecule has 3 nitrogen and oxygen atoms in total. The Hall–Kier alpha value is -1.97. The van der Waals surface area contributed by atoms with E-state index in [1.807, 2.05) is 19.9 Å². The van der Waals surface area contributed by atoms with E-state index < -0.39 is 0 Å². The normalized spacial score (nSPS) is 10.3. The average molecular weight is 231 g/mol. The third-order valence-electron chi connectivity index (χ3n) is 2.49. The molecule has 1 aromatic heterocycles. The van der Waals surface area contributed by atoms with Crippen LogP contribution in [0.4, 0.5) is 10.1 Å². The van der Waals surface area contributed by atoms with Gasteiger partial charge in [-0.1, -0.05) is 6.07 Å². The number of aryl methyl sites for hydroxylation is 2. The molecular formula is C13H14FN3. The fraction of sp³-hybridized carbons (Fsp3) is 0.231. The van der Waals surface area contributed by atoms with Crippen LogP contribution in [0, 0.1) is 19.7 Å². The number of nitrogens with zero attached hydrogens (tertiary/aromatic N) is 2. The molecule has 4 heteroatoms. The van der Waals surface area contributed by atoms with E-state index in [9.17, 15) is 4.39 Å². The van der Waals surface area contributed by atoms with E-state index in [2.05, 4.69) is 15.3 Å². The van der Waals surface area contributed by atoms with Crippen LogP contribution < -0.4 is 5.32 Å². The number of hydrogen-bond donors (Lipinski definition) is 1. The van der Waals surface area contributed by atoms with E-state index in [1.54, 1.807) is 12.3 Å². The number of anilines is 1. The second kappa shape index (κ2) is 4.91. The van der Waals surface area contributed by atoms with E-state index >= 15 is 0 Å². The first-order valence-corrected chi connectivity index (χ1v) is 5.44. The Bertz CT molecular complexity index is 526. The van der Waals surface area contributed by atoms with Crippen molar-refractivity contribution in [3.63, 3.8) is 0 Å². The van der Waals surface area contributed by atoms with Crippen molar-refractivity contribution in [2.24, 2.45) is 0 Å². The molecule has 0 saturated heterocycles. The van der Waals surface area contributed by atoms with E-state index in [1.165, 1.54) is 12.1 Å². The minimum absolute atomic E-state index is 0.239. The van der Waals surface area contributed by atoms with Gasteiger partial charge in [0.05, 0.1) is 12.2 Å². The molecule has 88 valence electrons. The van der Waals surface area contributed by atoms with Crippen LogP contribution in [0.25, 0.3) is 0 Å². The van der Waals surface area contributed by atoms with E-state index in [-0.39, 0.29) is 5.82 Å². The van der Waals surface area contributed by atoms with Gasteiger partial charge in [-0.15, -0.1) is 0 Å². The monoisotopic (exact) mass is 231 g/mol. The lowest BCUT2D eigenvalue weighted by Crippen LogP contribution is -2.04. The molecule has 1 N–H and O–H groups in total. The SMILES string of the molecule is Cc1nccc(CNc2cc(F)ccc2C)n1. The summed E-state index contributed by atoms with van der Waals surface area (Å²) in [5.41, 5.74) is 2.69. The van der Waals surface area contributed by atoms with Gasteiger partial charge >= 0.3 is 0 Å². The molecule has 0 unspecified atom stereocenters. The third kappa shape index (κ3) is 3.00. The number of halogens is 1. The lowest BCUT2D eigenvalue weighted by atomic mass is 10.2. The Kier molecular flexibility index (Phi) is 3.32.